The lowest BCUT2D eigenvalue weighted by molar-refractivity contribution is 0.0967. The number of benzene rings is 1. The van der Waals surface area contributed by atoms with E-state index in [4.69, 9.17) is 46.4 Å². The summed E-state index contributed by atoms with van der Waals surface area (Å²) in [6.07, 6.45) is 0. The van der Waals surface area contributed by atoms with Crippen molar-refractivity contribution < 1.29 is 9.59 Å². The highest BCUT2D eigenvalue weighted by Gasteiger charge is 2.19. The third kappa shape index (κ3) is 4.24. The van der Waals surface area contributed by atoms with Gasteiger partial charge in [-0.05, 0) is 30.3 Å². The van der Waals surface area contributed by atoms with E-state index in [2.05, 4.69) is 15.6 Å². The molecule has 0 atom stereocenters. The number of anilines is 1. The van der Waals surface area contributed by atoms with Crippen molar-refractivity contribution in [2.45, 2.75) is 0 Å². The summed E-state index contributed by atoms with van der Waals surface area (Å²) in [5.74, 6) is -0.800. The Balaban J connectivity index is 2.09. The topological polar surface area (TPSA) is 71.1 Å². The summed E-state index contributed by atoms with van der Waals surface area (Å²) in [4.78, 5) is 27.5. The second-order valence-corrected chi connectivity index (χ2v) is 5.60. The van der Waals surface area contributed by atoms with Gasteiger partial charge in [0.1, 0.15) is 10.3 Å². The SMILES string of the molecule is O=C(NC(=O)c1c(Cl)cc(Cl)nc1Cl)Nc1ccc(Cl)cc1. The van der Waals surface area contributed by atoms with Crippen LogP contribution < -0.4 is 10.6 Å². The third-order valence-corrected chi connectivity index (χ3v) is 3.47. The van der Waals surface area contributed by atoms with Gasteiger partial charge in [-0.25, -0.2) is 9.78 Å². The van der Waals surface area contributed by atoms with E-state index >= 15 is 0 Å². The van der Waals surface area contributed by atoms with Gasteiger partial charge >= 0.3 is 6.03 Å². The van der Waals surface area contributed by atoms with E-state index in [0.717, 1.165) is 0 Å². The molecule has 114 valence electrons. The van der Waals surface area contributed by atoms with Gasteiger partial charge in [-0.1, -0.05) is 46.4 Å². The zero-order chi connectivity index (χ0) is 16.3. The second-order valence-electron chi connectivity index (χ2n) is 4.01. The maximum absolute atomic E-state index is 12.0. The van der Waals surface area contributed by atoms with Crippen molar-refractivity contribution in [3.63, 3.8) is 0 Å². The lowest BCUT2D eigenvalue weighted by atomic mass is 10.2. The van der Waals surface area contributed by atoms with Crippen molar-refractivity contribution >= 4 is 64.0 Å². The number of hydrogen-bond donors (Lipinski definition) is 2. The third-order valence-electron chi connectivity index (χ3n) is 2.45. The zero-order valence-electron chi connectivity index (χ0n) is 10.7. The van der Waals surface area contributed by atoms with Crippen LogP contribution in [0.2, 0.25) is 20.4 Å². The van der Waals surface area contributed by atoms with E-state index in [-0.39, 0.29) is 20.9 Å². The molecular weight excluding hydrogens is 372 g/mol. The molecule has 0 radical (unpaired) electrons. The molecule has 1 aromatic heterocycles. The van der Waals surface area contributed by atoms with Gasteiger partial charge in [-0.3, -0.25) is 10.1 Å². The van der Waals surface area contributed by atoms with Crippen molar-refractivity contribution in [1.82, 2.24) is 10.3 Å². The smallest absolute Gasteiger partial charge is 0.308 e. The highest BCUT2D eigenvalue weighted by molar-refractivity contribution is 6.41. The van der Waals surface area contributed by atoms with Gasteiger partial charge in [0, 0.05) is 10.7 Å². The van der Waals surface area contributed by atoms with Crippen LogP contribution in [0.15, 0.2) is 30.3 Å². The molecule has 22 heavy (non-hydrogen) atoms. The molecule has 2 N–H and O–H groups in total. The molecule has 0 aliphatic rings. The molecule has 0 saturated heterocycles. The number of carbonyl (C=O) groups is 2. The molecule has 5 nitrogen and oxygen atoms in total. The largest absolute Gasteiger partial charge is 0.326 e. The van der Waals surface area contributed by atoms with Gasteiger partial charge < -0.3 is 5.32 Å². The average molecular weight is 379 g/mol. The number of nitrogens with one attached hydrogen (secondary N) is 2. The molecule has 0 aliphatic carbocycles. The summed E-state index contributed by atoms with van der Waals surface area (Å²) in [5.41, 5.74) is 0.320. The molecule has 0 saturated carbocycles. The number of aromatic nitrogens is 1. The highest BCUT2D eigenvalue weighted by Crippen LogP contribution is 2.25. The number of hydrogen-bond acceptors (Lipinski definition) is 3. The zero-order valence-corrected chi connectivity index (χ0v) is 13.7. The fourth-order valence-corrected chi connectivity index (χ4v) is 2.54. The van der Waals surface area contributed by atoms with E-state index in [1.54, 1.807) is 24.3 Å². The predicted molar refractivity (Wildman–Crippen MR) is 87.2 cm³/mol. The van der Waals surface area contributed by atoms with E-state index < -0.39 is 11.9 Å². The Labute approximate surface area is 145 Å². The number of imide groups is 1. The Kier molecular flexibility index (Phi) is 5.47. The highest BCUT2D eigenvalue weighted by atomic mass is 35.5. The van der Waals surface area contributed by atoms with Crippen molar-refractivity contribution in [3.05, 3.63) is 56.2 Å². The van der Waals surface area contributed by atoms with Crippen LogP contribution in [0.3, 0.4) is 0 Å². The van der Waals surface area contributed by atoms with Crippen molar-refractivity contribution in [3.8, 4) is 0 Å². The standard InChI is InChI=1S/C13H7Cl4N3O2/c14-6-1-3-7(4-2-6)18-13(22)20-12(21)10-8(15)5-9(16)19-11(10)17/h1-5H,(H2,18,20,21,22). The Bertz CT molecular complexity index is 712. The molecule has 0 unspecified atom stereocenters. The predicted octanol–water partition coefficient (Wildman–Crippen LogP) is 4.66. The number of rotatable bonds is 2. The van der Waals surface area contributed by atoms with Gasteiger partial charge in [0.05, 0.1) is 10.6 Å². The molecule has 2 aromatic rings. The monoisotopic (exact) mass is 377 g/mol. The van der Waals surface area contributed by atoms with Crippen LogP contribution in [0.25, 0.3) is 0 Å². The molecule has 1 aromatic carbocycles. The maximum Gasteiger partial charge on any atom is 0.326 e. The van der Waals surface area contributed by atoms with Crippen molar-refractivity contribution in [1.29, 1.82) is 0 Å². The van der Waals surface area contributed by atoms with Gasteiger partial charge in [-0.15, -0.1) is 0 Å². The first-order chi connectivity index (χ1) is 10.4. The van der Waals surface area contributed by atoms with Crippen LogP contribution in [0.1, 0.15) is 10.4 Å². The normalized spacial score (nSPS) is 10.2. The van der Waals surface area contributed by atoms with E-state index in [0.29, 0.717) is 10.7 Å². The summed E-state index contributed by atoms with van der Waals surface area (Å²) in [6.45, 7) is 0. The van der Waals surface area contributed by atoms with E-state index in [1.807, 2.05) is 0 Å². The second kappa shape index (κ2) is 7.15. The average Bonchev–Trinajstić information content (AvgIpc) is 2.40. The molecule has 1 heterocycles. The van der Waals surface area contributed by atoms with Crippen LogP contribution in [0, 0.1) is 0 Å². The lowest BCUT2D eigenvalue weighted by Gasteiger charge is -2.09. The Morgan fingerprint density at radius 1 is 1.00 bits per heavy atom. The number of nitrogens with zero attached hydrogens (tertiary/aromatic N) is 1. The first-order valence-corrected chi connectivity index (χ1v) is 7.27. The number of urea groups is 1. The van der Waals surface area contributed by atoms with Crippen LogP contribution >= 0.6 is 46.4 Å². The van der Waals surface area contributed by atoms with Crippen LogP contribution in [0.4, 0.5) is 10.5 Å². The molecule has 2 rings (SSSR count). The van der Waals surface area contributed by atoms with Crippen molar-refractivity contribution in [2.24, 2.45) is 0 Å². The summed E-state index contributed by atoms with van der Waals surface area (Å²) >= 11 is 23.1. The molecule has 0 fully saturated rings. The van der Waals surface area contributed by atoms with Crippen LogP contribution in [-0.4, -0.2) is 16.9 Å². The molecule has 0 bridgehead atoms. The van der Waals surface area contributed by atoms with Gasteiger partial charge in [0.15, 0.2) is 0 Å². The summed E-state index contributed by atoms with van der Waals surface area (Å²) in [7, 11) is 0. The number of halogens is 4. The first kappa shape index (κ1) is 16.8. The quantitative estimate of drug-likeness (QED) is 0.746. The summed E-state index contributed by atoms with van der Waals surface area (Å²) in [6, 6.07) is 6.84. The minimum atomic E-state index is -0.800. The van der Waals surface area contributed by atoms with Crippen LogP contribution in [0.5, 0.6) is 0 Å². The lowest BCUT2D eigenvalue weighted by Crippen LogP contribution is -2.34. The van der Waals surface area contributed by atoms with Gasteiger partial charge in [0.25, 0.3) is 5.91 Å². The van der Waals surface area contributed by atoms with Crippen molar-refractivity contribution in [2.75, 3.05) is 5.32 Å². The van der Waals surface area contributed by atoms with E-state index in [9.17, 15) is 9.59 Å². The molecule has 0 spiro atoms. The number of carbonyl (C=O) groups excluding carboxylic acids is 2. The first-order valence-electron chi connectivity index (χ1n) is 5.76. The number of amides is 3. The molecular formula is C13H7Cl4N3O2. The summed E-state index contributed by atoms with van der Waals surface area (Å²) in [5, 5.41) is 4.89. The molecule has 3 amide bonds. The Hall–Kier alpha value is -1.53. The summed E-state index contributed by atoms with van der Waals surface area (Å²) < 4.78 is 0. The Morgan fingerprint density at radius 2 is 1.64 bits per heavy atom. The molecule has 9 heteroatoms. The van der Waals surface area contributed by atoms with Crippen LogP contribution in [-0.2, 0) is 0 Å². The fourth-order valence-electron chi connectivity index (χ4n) is 1.52. The van der Waals surface area contributed by atoms with Gasteiger partial charge in [-0.2, -0.15) is 0 Å². The van der Waals surface area contributed by atoms with Gasteiger partial charge in [0.2, 0.25) is 0 Å². The maximum atomic E-state index is 12.0. The molecule has 0 aliphatic heterocycles. The fraction of sp³-hybridized carbons (Fsp3) is 0. The Morgan fingerprint density at radius 3 is 2.23 bits per heavy atom. The van der Waals surface area contributed by atoms with E-state index in [1.165, 1.54) is 6.07 Å². The number of pyridine rings is 1. The minimum Gasteiger partial charge on any atom is -0.308 e. The minimum absolute atomic E-state index is 0.0122.